The second-order valence-electron chi connectivity index (χ2n) is 10.2. The molecule has 0 aliphatic rings. The van der Waals surface area contributed by atoms with Crippen LogP contribution in [0.25, 0.3) is 0 Å². The van der Waals surface area contributed by atoms with E-state index in [1.165, 1.54) is 31.4 Å². The number of aliphatic hydroxyl groups is 1. The summed E-state index contributed by atoms with van der Waals surface area (Å²) in [7, 11) is 1.47. The smallest absolute Gasteiger partial charge is 0.251 e. The normalized spacial score (nSPS) is 14.8. The SMILES string of the molecule is CCC(/C(CCC(C)CC(O)OC)=N\c1cc(C(=O)N[C@@H](C)c2ccc(F)cc2)ccc1N)c1ccc(F)cc1. The number of carbonyl (C=O) groups excluding carboxylic acids is 1. The summed E-state index contributed by atoms with van der Waals surface area (Å²) in [5, 5.41) is 12.8. The molecule has 4 atom stereocenters. The predicted octanol–water partition coefficient (Wildman–Crippen LogP) is 7.08. The Balaban J connectivity index is 1.90. The predicted molar refractivity (Wildman–Crippen MR) is 156 cm³/mol. The highest BCUT2D eigenvalue weighted by Crippen LogP contribution is 2.31. The first kappa shape index (κ1) is 30.9. The number of carbonyl (C=O) groups is 1. The van der Waals surface area contributed by atoms with Crippen molar-refractivity contribution >= 4 is 23.0 Å². The largest absolute Gasteiger partial charge is 0.397 e. The van der Waals surface area contributed by atoms with E-state index in [-0.39, 0.29) is 35.4 Å². The Hall–Kier alpha value is -3.62. The van der Waals surface area contributed by atoms with Crippen LogP contribution in [-0.4, -0.2) is 30.1 Å². The third kappa shape index (κ3) is 8.69. The van der Waals surface area contributed by atoms with Crippen molar-refractivity contribution in [1.29, 1.82) is 0 Å². The van der Waals surface area contributed by atoms with Crippen molar-refractivity contribution in [1.82, 2.24) is 5.32 Å². The maximum atomic E-state index is 13.7. The topological polar surface area (TPSA) is 96.9 Å². The number of ether oxygens (including phenoxy) is 1. The summed E-state index contributed by atoms with van der Waals surface area (Å²) < 4.78 is 32.0. The molecule has 0 aromatic heterocycles. The molecule has 0 radical (unpaired) electrons. The average Bonchev–Trinajstić information content (AvgIpc) is 2.94. The van der Waals surface area contributed by atoms with Gasteiger partial charge in [-0.15, -0.1) is 0 Å². The van der Waals surface area contributed by atoms with Crippen LogP contribution in [0.3, 0.4) is 0 Å². The van der Waals surface area contributed by atoms with Gasteiger partial charge >= 0.3 is 0 Å². The molecule has 0 aliphatic heterocycles. The van der Waals surface area contributed by atoms with Crippen molar-refractivity contribution in [3.8, 4) is 0 Å². The van der Waals surface area contributed by atoms with Crippen LogP contribution >= 0.6 is 0 Å². The summed E-state index contributed by atoms with van der Waals surface area (Å²) in [5.74, 6) is -0.877. The standard InChI is InChI=1S/C32H39F2N3O3/c1-5-27(23-9-14-26(34)15-10-23)29(17-6-20(2)18-31(38)40-4)37-30-19-24(11-16-28(30)35)32(39)36-21(3)22-7-12-25(33)13-8-22/h7-16,19-21,27,31,38H,5-6,17-18,35H2,1-4H3,(H,36,39)/b37-29-/t20?,21-,27?,31?/m0/s1. The van der Waals surface area contributed by atoms with E-state index in [9.17, 15) is 18.7 Å². The van der Waals surface area contributed by atoms with Crippen molar-refractivity contribution in [2.45, 2.75) is 64.7 Å². The fraction of sp³-hybridized carbons (Fsp3) is 0.375. The maximum Gasteiger partial charge on any atom is 0.251 e. The van der Waals surface area contributed by atoms with Gasteiger partial charge in [0.1, 0.15) is 11.6 Å². The number of nitrogen functional groups attached to an aromatic ring is 1. The summed E-state index contributed by atoms with van der Waals surface area (Å²) in [6, 6.07) is 17.0. The Morgan fingerprint density at radius 3 is 2.17 bits per heavy atom. The van der Waals surface area contributed by atoms with Gasteiger partial charge in [-0.1, -0.05) is 38.1 Å². The molecular weight excluding hydrogens is 512 g/mol. The summed E-state index contributed by atoms with van der Waals surface area (Å²) in [6.45, 7) is 5.92. The fourth-order valence-corrected chi connectivity index (χ4v) is 4.67. The van der Waals surface area contributed by atoms with Gasteiger partial charge in [-0.2, -0.15) is 0 Å². The molecule has 1 amide bonds. The van der Waals surface area contributed by atoms with Gasteiger partial charge in [-0.05, 0) is 85.7 Å². The van der Waals surface area contributed by atoms with Crippen LogP contribution in [0.1, 0.15) is 79.9 Å². The Bertz CT molecular complexity index is 1280. The number of aliphatic hydroxyl groups excluding tert-OH is 1. The number of nitrogens with zero attached hydrogens (tertiary/aromatic N) is 1. The lowest BCUT2D eigenvalue weighted by Crippen LogP contribution is -2.26. The maximum absolute atomic E-state index is 13.7. The van der Waals surface area contributed by atoms with Gasteiger partial charge in [0.15, 0.2) is 6.29 Å². The zero-order valence-corrected chi connectivity index (χ0v) is 23.5. The first-order valence-electron chi connectivity index (χ1n) is 13.6. The monoisotopic (exact) mass is 551 g/mol. The number of hydrogen-bond acceptors (Lipinski definition) is 5. The number of anilines is 1. The molecule has 0 bridgehead atoms. The van der Waals surface area contributed by atoms with Gasteiger partial charge in [0.2, 0.25) is 0 Å². The minimum absolute atomic E-state index is 0.0875. The summed E-state index contributed by atoms with van der Waals surface area (Å²) in [4.78, 5) is 18.1. The Labute approximate surface area is 235 Å². The number of halogens is 2. The fourth-order valence-electron chi connectivity index (χ4n) is 4.67. The van der Waals surface area contributed by atoms with Crippen LogP contribution in [0.2, 0.25) is 0 Å². The molecule has 3 rings (SSSR count). The molecule has 40 heavy (non-hydrogen) atoms. The first-order chi connectivity index (χ1) is 19.1. The summed E-state index contributed by atoms with van der Waals surface area (Å²) in [5.41, 5.74) is 10.2. The molecule has 3 aromatic rings. The number of hydrogen-bond donors (Lipinski definition) is 3. The molecule has 214 valence electrons. The average molecular weight is 552 g/mol. The van der Waals surface area contributed by atoms with E-state index in [4.69, 9.17) is 15.5 Å². The van der Waals surface area contributed by atoms with E-state index in [1.54, 1.807) is 42.5 Å². The zero-order valence-electron chi connectivity index (χ0n) is 23.5. The third-order valence-electron chi connectivity index (χ3n) is 7.13. The van der Waals surface area contributed by atoms with Crippen LogP contribution in [0, 0.1) is 17.6 Å². The quantitative estimate of drug-likeness (QED) is 0.120. The van der Waals surface area contributed by atoms with Gasteiger partial charge in [0.05, 0.1) is 17.4 Å². The van der Waals surface area contributed by atoms with Gasteiger partial charge in [0, 0.05) is 30.7 Å². The molecule has 0 saturated carbocycles. The Morgan fingerprint density at radius 1 is 1.00 bits per heavy atom. The molecule has 6 nitrogen and oxygen atoms in total. The lowest BCUT2D eigenvalue weighted by Gasteiger charge is -2.22. The number of amides is 1. The van der Waals surface area contributed by atoms with Crippen LogP contribution in [0.5, 0.6) is 0 Å². The highest BCUT2D eigenvalue weighted by molar-refractivity contribution is 5.98. The van der Waals surface area contributed by atoms with Crippen LogP contribution in [0.15, 0.2) is 71.7 Å². The lowest BCUT2D eigenvalue weighted by molar-refractivity contribution is -0.0863. The Kier molecular flexibility index (Phi) is 11.3. The van der Waals surface area contributed by atoms with Crippen molar-refractivity contribution in [2.75, 3.05) is 12.8 Å². The Morgan fingerprint density at radius 2 is 1.60 bits per heavy atom. The van der Waals surface area contributed by atoms with E-state index < -0.39 is 6.29 Å². The molecular formula is C32H39F2N3O3. The van der Waals surface area contributed by atoms with Crippen molar-refractivity contribution in [3.63, 3.8) is 0 Å². The molecule has 3 aromatic carbocycles. The van der Waals surface area contributed by atoms with E-state index in [0.29, 0.717) is 29.8 Å². The minimum Gasteiger partial charge on any atom is -0.397 e. The van der Waals surface area contributed by atoms with Crippen LogP contribution < -0.4 is 11.1 Å². The van der Waals surface area contributed by atoms with Crippen LogP contribution in [-0.2, 0) is 4.74 Å². The van der Waals surface area contributed by atoms with Gasteiger partial charge in [0.25, 0.3) is 5.91 Å². The first-order valence-corrected chi connectivity index (χ1v) is 13.6. The number of benzene rings is 3. The van der Waals surface area contributed by atoms with Gasteiger partial charge in [-0.3, -0.25) is 9.79 Å². The molecule has 0 fully saturated rings. The highest BCUT2D eigenvalue weighted by atomic mass is 19.1. The van der Waals surface area contributed by atoms with Gasteiger partial charge < -0.3 is 20.9 Å². The third-order valence-corrected chi connectivity index (χ3v) is 7.13. The number of aliphatic imine (C=N–C) groups is 1. The van der Waals surface area contributed by atoms with E-state index in [1.807, 2.05) is 20.8 Å². The van der Waals surface area contributed by atoms with E-state index in [2.05, 4.69) is 5.32 Å². The highest BCUT2D eigenvalue weighted by Gasteiger charge is 2.20. The van der Waals surface area contributed by atoms with E-state index >= 15 is 0 Å². The summed E-state index contributed by atoms with van der Waals surface area (Å²) >= 11 is 0. The van der Waals surface area contributed by atoms with Crippen molar-refractivity contribution in [3.05, 3.63) is 95.1 Å². The molecule has 0 saturated heterocycles. The number of nitrogens with one attached hydrogen (secondary N) is 1. The van der Waals surface area contributed by atoms with E-state index in [0.717, 1.165) is 29.7 Å². The zero-order chi connectivity index (χ0) is 29.2. The molecule has 0 aliphatic carbocycles. The van der Waals surface area contributed by atoms with Gasteiger partial charge in [-0.25, -0.2) is 8.78 Å². The second-order valence-corrected chi connectivity index (χ2v) is 10.2. The molecule has 0 heterocycles. The number of methoxy groups -OCH3 is 1. The van der Waals surface area contributed by atoms with Crippen molar-refractivity contribution in [2.24, 2.45) is 10.9 Å². The van der Waals surface area contributed by atoms with Crippen molar-refractivity contribution < 1.29 is 23.4 Å². The second kappa shape index (κ2) is 14.7. The number of nitrogens with two attached hydrogens (primary N) is 1. The minimum atomic E-state index is -0.836. The molecule has 8 heteroatoms. The summed E-state index contributed by atoms with van der Waals surface area (Å²) in [6.07, 6.45) is 1.74. The molecule has 3 unspecified atom stereocenters. The lowest BCUT2D eigenvalue weighted by atomic mass is 9.87. The molecule has 4 N–H and O–H groups in total. The number of rotatable bonds is 13. The van der Waals surface area contributed by atoms with Crippen LogP contribution in [0.4, 0.5) is 20.2 Å². The molecule has 0 spiro atoms.